The molecule has 3 heteroatoms. The molecule has 0 amide bonds. The van der Waals surface area contributed by atoms with Gasteiger partial charge in [-0.05, 0) is 5.56 Å². The molecule has 1 aromatic carbocycles. The Morgan fingerprint density at radius 2 is 2.06 bits per heavy atom. The molecule has 0 unspecified atom stereocenters. The number of Topliss-reactive ketones (excluding diaryl/α,β-unsaturated/α-hetero) is 1. The van der Waals surface area contributed by atoms with Crippen molar-refractivity contribution in [2.24, 2.45) is 11.8 Å². The maximum Gasteiger partial charge on any atom is 0.192 e. The van der Waals surface area contributed by atoms with Crippen LogP contribution < -0.4 is 0 Å². The zero-order chi connectivity index (χ0) is 12.7. The van der Waals surface area contributed by atoms with Gasteiger partial charge in [-0.25, -0.2) is 0 Å². The van der Waals surface area contributed by atoms with Crippen molar-refractivity contribution in [1.29, 1.82) is 0 Å². The van der Waals surface area contributed by atoms with E-state index in [2.05, 4.69) is 6.58 Å². The quantitative estimate of drug-likeness (QED) is 0.603. The Morgan fingerprint density at radius 3 is 2.78 bits per heavy atom. The summed E-state index contributed by atoms with van der Waals surface area (Å²) in [5, 5.41) is 0. The van der Waals surface area contributed by atoms with Gasteiger partial charge < -0.3 is 9.53 Å². The molecule has 1 aromatic rings. The maximum absolute atomic E-state index is 12.3. The van der Waals surface area contributed by atoms with Crippen molar-refractivity contribution in [1.82, 2.24) is 0 Å². The fourth-order valence-corrected chi connectivity index (χ4v) is 3.13. The largest absolute Gasteiger partial charge is 0.361 e. The second kappa shape index (κ2) is 4.18. The van der Waals surface area contributed by atoms with E-state index in [1.54, 1.807) is 0 Å². The molecule has 2 aliphatic rings. The molecule has 0 saturated carbocycles. The Hall–Kier alpha value is -1.74. The molecule has 92 valence electrons. The molecule has 0 spiro atoms. The second-order valence-electron chi connectivity index (χ2n) is 4.81. The van der Waals surface area contributed by atoms with Crippen LogP contribution in [0.4, 0.5) is 0 Å². The van der Waals surface area contributed by atoms with Crippen LogP contribution in [0, 0.1) is 11.8 Å². The summed E-state index contributed by atoms with van der Waals surface area (Å²) in [5.41, 5.74) is 1.66. The molecule has 0 aromatic heterocycles. The lowest BCUT2D eigenvalue weighted by Gasteiger charge is -2.23. The topological polar surface area (TPSA) is 43.4 Å². The van der Waals surface area contributed by atoms with Crippen molar-refractivity contribution in [3.8, 4) is 0 Å². The first-order valence-electron chi connectivity index (χ1n) is 6.12. The van der Waals surface area contributed by atoms with Gasteiger partial charge in [-0.1, -0.05) is 30.3 Å². The molecule has 4 atom stereocenters. The summed E-state index contributed by atoms with van der Waals surface area (Å²) in [4.78, 5) is 23.1. The normalized spacial score (nSPS) is 33.0. The van der Waals surface area contributed by atoms with E-state index in [1.807, 2.05) is 30.3 Å². The third kappa shape index (κ3) is 1.40. The van der Waals surface area contributed by atoms with Crippen LogP contribution in [-0.2, 0) is 9.53 Å². The number of hydrogen-bond donors (Lipinski definition) is 0. The minimum atomic E-state index is -0.488. The molecule has 1 saturated heterocycles. The zero-order valence-electron chi connectivity index (χ0n) is 9.91. The smallest absolute Gasteiger partial charge is 0.192 e. The minimum Gasteiger partial charge on any atom is -0.361 e. The van der Waals surface area contributed by atoms with E-state index in [9.17, 15) is 9.59 Å². The lowest BCUT2D eigenvalue weighted by Crippen LogP contribution is -2.30. The van der Waals surface area contributed by atoms with Crippen LogP contribution in [0.15, 0.2) is 36.9 Å². The number of benzene rings is 1. The average molecular weight is 242 g/mol. The van der Waals surface area contributed by atoms with Gasteiger partial charge in [0.2, 0.25) is 0 Å². The standard InChI is InChI=1S/C15H14O3/c1-2-9-12(7-8-16)15-13(17)10-5-3-4-6-11(10)14(9)18-15/h2-6,8-9,12,14-15H,1,7H2/t9-,12-,14-,15+/m1/s1. The molecule has 0 N–H and O–H groups in total. The molecule has 18 heavy (non-hydrogen) atoms. The third-order valence-corrected chi connectivity index (χ3v) is 3.96. The summed E-state index contributed by atoms with van der Waals surface area (Å²) >= 11 is 0. The molecular weight excluding hydrogens is 228 g/mol. The van der Waals surface area contributed by atoms with Crippen LogP contribution in [-0.4, -0.2) is 18.2 Å². The number of rotatable bonds is 3. The van der Waals surface area contributed by atoms with E-state index in [1.165, 1.54) is 0 Å². The van der Waals surface area contributed by atoms with E-state index < -0.39 is 6.10 Å². The molecular formula is C15H14O3. The van der Waals surface area contributed by atoms with Gasteiger partial charge in [-0.15, -0.1) is 6.58 Å². The highest BCUT2D eigenvalue weighted by molar-refractivity contribution is 6.02. The van der Waals surface area contributed by atoms with Crippen molar-refractivity contribution in [2.75, 3.05) is 0 Å². The zero-order valence-corrected chi connectivity index (χ0v) is 9.91. The fourth-order valence-electron chi connectivity index (χ4n) is 3.13. The molecule has 2 bridgehead atoms. The molecule has 0 radical (unpaired) electrons. The van der Waals surface area contributed by atoms with Crippen molar-refractivity contribution in [3.05, 3.63) is 48.0 Å². The Bertz CT molecular complexity index is 518. The highest BCUT2D eigenvalue weighted by Crippen LogP contribution is 2.49. The predicted octanol–water partition coefficient (Wildman–Crippen LogP) is 2.33. The lowest BCUT2D eigenvalue weighted by atomic mass is 9.85. The Labute approximate surface area is 105 Å². The van der Waals surface area contributed by atoms with Crippen molar-refractivity contribution in [3.63, 3.8) is 0 Å². The summed E-state index contributed by atoms with van der Waals surface area (Å²) in [6.07, 6.45) is 2.40. The SMILES string of the molecule is C=C[C@@H]1[C@@H](CC=O)[C@@H]2O[C@H]1c1ccccc1C2=O. The van der Waals surface area contributed by atoms with Crippen molar-refractivity contribution in [2.45, 2.75) is 18.6 Å². The van der Waals surface area contributed by atoms with Gasteiger partial charge in [0.25, 0.3) is 0 Å². The van der Waals surface area contributed by atoms with Crippen molar-refractivity contribution < 1.29 is 14.3 Å². The lowest BCUT2D eigenvalue weighted by molar-refractivity contribution is -0.109. The first-order chi connectivity index (χ1) is 8.77. The minimum absolute atomic E-state index is 0.00181. The number of aldehydes is 1. The van der Waals surface area contributed by atoms with Crippen LogP contribution in [0.3, 0.4) is 0 Å². The van der Waals surface area contributed by atoms with Crippen molar-refractivity contribution >= 4 is 12.1 Å². The van der Waals surface area contributed by atoms with Gasteiger partial charge in [-0.2, -0.15) is 0 Å². The summed E-state index contributed by atoms with van der Waals surface area (Å²) in [5.74, 6) is -0.0456. The molecule has 2 aliphatic heterocycles. The van der Waals surface area contributed by atoms with Crippen LogP contribution in [0.2, 0.25) is 0 Å². The van der Waals surface area contributed by atoms with Gasteiger partial charge in [0.1, 0.15) is 12.4 Å². The number of fused-ring (bicyclic) bond motifs is 4. The van der Waals surface area contributed by atoms with Gasteiger partial charge in [0.05, 0.1) is 6.10 Å². The molecule has 1 fully saturated rings. The van der Waals surface area contributed by atoms with E-state index in [-0.39, 0.29) is 23.7 Å². The summed E-state index contributed by atoms with van der Waals surface area (Å²) in [7, 11) is 0. The van der Waals surface area contributed by atoms with E-state index >= 15 is 0 Å². The number of hydrogen-bond acceptors (Lipinski definition) is 3. The van der Waals surface area contributed by atoms with E-state index in [0.29, 0.717) is 6.42 Å². The monoisotopic (exact) mass is 242 g/mol. The van der Waals surface area contributed by atoms with Crippen LogP contribution >= 0.6 is 0 Å². The number of carbonyl (C=O) groups excluding carboxylic acids is 2. The van der Waals surface area contributed by atoms with Crippen LogP contribution in [0.1, 0.15) is 28.4 Å². The number of ketones is 1. The summed E-state index contributed by atoms with van der Waals surface area (Å²) in [6.45, 7) is 3.83. The first kappa shape index (κ1) is 11.4. The number of carbonyl (C=O) groups is 2. The molecule has 2 heterocycles. The predicted molar refractivity (Wildman–Crippen MR) is 66.2 cm³/mol. The van der Waals surface area contributed by atoms with Gasteiger partial charge in [0.15, 0.2) is 5.78 Å². The Kier molecular flexibility index (Phi) is 2.63. The summed E-state index contributed by atoms with van der Waals surface area (Å²) < 4.78 is 5.83. The Balaban J connectivity index is 2.11. The molecule has 3 nitrogen and oxygen atoms in total. The fraction of sp³-hybridized carbons (Fsp3) is 0.333. The van der Waals surface area contributed by atoms with Crippen LogP contribution in [0.25, 0.3) is 0 Å². The number of ether oxygens (including phenoxy) is 1. The third-order valence-electron chi connectivity index (χ3n) is 3.96. The summed E-state index contributed by atoms with van der Waals surface area (Å²) in [6, 6.07) is 7.53. The molecule has 0 aliphatic carbocycles. The van der Waals surface area contributed by atoms with Gasteiger partial charge in [-0.3, -0.25) is 4.79 Å². The Morgan fingerprint density at radius 1 is 1.28 bits per heavy atom. The van der Waals surface area contributed by atoms with Gasteiger partial charge in [0, 0.05) is 23.8 Å². The highest BCUT2D eigenvalue weighted by atomic mass is 16.5. The van der Waals surface area contributed by atoms with Crippen LogP contribution in [0.5, 0.6) is 0 Å². The van der Waals surface area contributed by atoms with E-state index in [4.69, 9.17) is 4.74 Å². The van der Waals surface area contributed by atoms with E-state index in [0.717, 1.165) is 17.4 Å². The van der Waals surface area contributed by atoms with Gasteiger partial charge >= 0.3 is 0 Å². The average Bonchev–Trinajstić information content (AvgIpc) is 2.73. The molecule has 3 rings (SSSR count). The second-order valence-corrected chi connectivity index (χ2v) is 4.81. The first-order valence-corrected chi connectivity index (χ1v) is 6.12. The highest BCUT2D eigenvalue weighted by Gasteiger charge is 2.51. The maximum atomic E-state index is 12.3.